The van der Waals surface area contributed by atoms with Crippen molar-refractivity contribution < 1.29 is 0 Å². The average molecular weight is 210 g/mol. The topological polar surface area (TPSA) is 24.1 Å². The van der Waals surface area contributed by atoms with Crippen LogP contribution in [0.2, 0.25) is 0 Å². The first-order valence-electron chi connectivity index (χ1n) is 6.60. The van der Waals surface area contributed by atoms with E-state index in [1.165, 1.54) is 51.9 Å². The fourth-order valence-electron chi connectivity index (χ4n) is 2.94. The summed E-state index contributed by atoms with van der Waals surface area (Å²) < 4.78 is 0. The van der Waals surface area contributed by atoms with Crippen molar-refractivity contribution in [2.24, 2.45) is 17.3 Å². The molecule has 1 aliphatic heterocycles. The van der Waals surface area contributed by atoms with E-state index in [-0.39, 0.29) is 0 Å². The van der Waals surface area contributed by atoms with E-state index in [0.717, 1.165) is 11.8 Å². The van der Waals surface area contributed by atoms with Gasteiger partial charge in [-0.3, -0.25) is 0 Å². The Morgan fingerprint density at radius 2 is 1.87 bits per heavy atom. The Balaban J connectivity index is 1.66. The van der Waals surface area contributed by atoms with E-state index < -0.39 is 0 Å². The summed E-state index contributed by atoms with van der Waals surface area (Å²) >= 11 is 0. The molecule has 15 heavy (non-hydrogen) atoms. The van der Waals surface area contributed by atoms with Crippen LogP contribution < -0.4 is 10.6 Å². The van der Waals surface area contributed by atoms with Crippen LogP contribution in [0.25, 0.3) is 0 Å². The van der Waals surface area contributed by atoms with Crippen molar-refractivity contribution in [2.45, 2.75) is 39.5 Å². The maximum absolute atomic E-state index is 3.66. The molecule has 0 aromatic heterocycles. The van der Waals surface area contributed by atoms with Crippen LogP contribution in [0.5, 0.6) is 0 Å². The van der Waals surface area contributed by atoms with Gasteiger partial charge in [0.25, 0.3) is 0 Å². The lowest BCUT2D eigenvalue weighted by atomic mass is 9.77. The highest BCUT2D eigenvalue weighted by Crippen LogP contribution is 2.38. The van der Waals surface area contributed by atoms with E-state index in [1.807, 2.05) is 0 Å². The number of hydrogen-bond acceptors (Lipinski definition) is 2. The fraction of sp³-hybridized carbons (Fsp3) is 1.00. The lowest BCUT2D eigenvalue weighted by molar-refractivity contribution is 0.199. The summed E-state index contributed by atoms with van der Waals surface area (Å²) in [6.07, 6.45) is 5.83. The number of nitrogens with one attached hydrogen (secondary N) is 2. The van der Waals surface area contributed by atoms with Crippen molar-refractivity contribution in [1.82, 2.24) is 10.6 Å². The molecule has 0 bridgehead atoms. The Labute approximate surface area is 94.2 Å². The molecule has 2 aliphatic rings. The van der Waals surface area contributed by atoms with E-state index >= 15 is 0 Å². The molecule has 0 radical (unpaired) electrons. The van der Waals surface area contributed by atoms with Gasteiger partial charge in [-0.25, -0.2) is 0 Å². The normalized spacial score (nSPS) is 24.4. The largest absolute Gasteiger partial charge is 0.316 e. The van der Waals surface area contributed by atoms with Gasteiger partial charge in [-0.05, 0) is 30.1 Å². The van der Waals surface area contributed by atoms with Gasteiger partial charge < -0.3 is 10.6 Å². The van der Waals surface area contributed by atoms with Crippen LogP contribution in [-0.2, 0) is 0 Å². The van der Waals surface area contributed by atoms with Gasteiger partial charge in [0.2, 0.25) is 0 Å². The average Bonchev–Trinajstić information content (AvgIpc) is 2.62. The zero-order valence-electron chi connectivity index (χ0n) is 10.3. The third-order valence-electron chi connectivity index (χ3n) is 4.34. The van der Waals surface area contributed by atoms with E-state index in [0.29, 0.717) is 5.41 Å². The molecule has 2 fully saturated rings. The zero-order valence-corrected chi connectivity index (χ0v) is 10.3. The molecular formula is C13H26N2. The molecule has 2 nitrogen and oxygen atoms in total. The van der Waals surface area contributed by atoms with Crippen molar-refractivity contribution >= 4 is 0 Å². The van der Waals surface area contributed by atoms with E-state index in [1.54, 1.807) is 0 Å². The predicted molar refractivity (Wildman–Crippen MR) is 65.0 cm³/mol. The highest BCUT2D eigenvalue weighted by molar-refractivity contribution is 4.85. The molecule has 1 saturated carbocycles. The van der Waals surface area contributed by atoms with Crippen molar-refractivity contribution in [2.75, 3.05) is 26.2 Å². The van der Waals surface area contributed by atoms with Crippen LogP contribution in [0, 0.1) is 17.3 Å². The van der Waals surface area contributed by atoms with Gasteiger partial charge in [0.1, 0.15) is 0 Å². The van der Waals surface area contributed by atoms with Crippen LogP contribution in [0.1, 0.15) is 39.5 Å². The Hall–Kier alpha value is -0.0800. The van der Waals surface area contributed by atoms with Crippen molar-refractivity contribution in [3.63, 3.8) is 0 Å². The number of rotatable bonds is 5. The molecule has 0 amide bonds. The van der Waals surface area contributed by atoms with Crippen LogP contribution in [0.15, 0.2) is 0 Å². The lowest BCUT2D eigenvalue weighted by Crippen LogP contribution is -2.48. The fourth-order valence-corrected chi connectivity index (χ4v) is 2.94. The van der Waals surface area contributed by atoms with E-state index in [9.17, 15) is 0 Å². The highest BCUT2D eigenvalue weighted by Gasteiger charge is 2.31. The second-order valence-electron chi connectivity index (χ2n) is 6.13. The third kappa shape index (κ3) is 2.94. The molecule has 1 heterocycles. The molecule has 0 unspecified atom stereocenters. The van der Waals surface area contributed by atoms with Crippen molar-refractivity contribution in [3.8, 4) is 0 Å². The maximum atomic E-state index is 3.66. The highest BCUT2D eigenvalue weighted by atomic mass is 15.0. The van der Waals surface area contributed by atoms with Gasteiger partial charge in [0.15, 0.2) is 0 Å². The van der Waals surface area contributed by atoms with Gasteiger partial charge >= 0.3 is 0 Å². The van der Waals surface area contributed by atoms with Gasteiger partial charge in [0.05, 0.1) is 0 Å². The van der Waals surface area contributed by atoms with Crippen LogP contribution in [0.3, 0.4) is 0 Å². The minimum absolute atomic E-state index is 0.508. The summed E-state index contributed by atoms with van der Waals surface area (Å²) in [5.41, 5.74) is 0.508. The summed E-state index contributed by atoms with van der Waals surface area (Å²) in [5.74, 6) is 1.86. The molecule has 1 saturated heterocycles. The monoisotopic (exact) mass is 210 g/mol. The quantitative estimate of drug-likeness (QED) is 0.725. The first-order valence-corrected chi connectivity index (χ1v) is 6.60. The molecule has 0 spiro atoms. The van der Waals surface area contributed by atoms with Crippen LogP contribution in [0.4, 0.5) is 0 Å². The van der Waals surface area contributed by atoms with Gasteiger partial charge in [-0.1, -0.05) is 26.7 Å². The van der Waals surface area contributed by atoms with Crippen molar-refractivity contribution in [1.29, 1.82) is 0 Å². The molecule has 1 aliphatic carbocycles. The Morgan fingerprint density at radius 3 is 2.40 bits per heavy atom. The molecule has 0 aromatic carbocycles. The van der Waals surface area contributed by atoms with Crippen molar-refractivity contribution in [3.05, 3.63) is 0 Å². The second-order valence-corrected chi connectivity index (χ2v) is 6.13. The third-order valence-corrected chi connectivity index (χ3v) is 4.34. The Bertz CT molecular complexity index is 191. The molecule has 0 atom stereocenters. The van der Waals surface area contributed by atoms with Crippen LogP contribution in [-0.4, -0.2) is 26.2 Å². The maximum Gasteiger partial charge on any atom is 0.000530 e. The Kier molecular flexibility index (Phi) is 3.68. The van der Waals surface area contributed by atoms with Gasteiger partial charge in [0, 0.05) is 26.2 Å². The molecule has 88 valence electrons. The molecule has 2 N–H and O–H groups in total. The molecule has 2 rings (SSSR count). The first-order chi connectivity index (χ1) is 7.18. The second kappa shape index (κ2) is 4.84. The summed E-state index contributed by atoms with van der Waals surface area (Å²) in [5, 5.41) is 6.99. The summed E-state index contributed by atoms with van der Waals surface area (Å²) in [6, 6.07) is 0. The summed E-state index contributed by atoms with van der Waals surface area (Å²) in [7, 11) is 0. The smallest absolute Gasteiger partial charge is 0.000530 e. The summed E-state index contributed by atoms with van der Waals surface area (Å²) in [4.78, 5) is 0. The standard InChI is InChI=1S/C13H26N2/c1-13(2,12-5-3-4-6-12)10-15-9-11-7-14-8-11/h11-12,14-15H,3-10H2,1-2H3. The minimum Gasteiger partial charge on any atom is -0.316 e. The van der Waals surface area contributed by atoms with Gasteiger partial charge in [-0.2, -0.15) is 0 Å². The molecular weight excluding hydrogens is 184 g/mol. The lowest BCUT2D eigenvalue weighted by Gasteiger charge is -2.34. The Morgan fingerprint density at radius 1 is 1.20 bits per heavy atom. The zero-order chi connectivity index (χ0) is 10.7. The summed E-state index contributed by atoms with van der Waals surface area (Å²) in [6.45, 7) is 9.73. The number of hydrogen-bond donors (Lipinski definition) is 2. The SMILES string of the molecule is CC(C)(CNCC1CNC1)C1CCCC1. The van der Waals surface area contributed by atoms with Crippen LogP contribution >= 0.6 is 0 Å². The van der Waals surface area contributed by atoms with E-state index in [4.69, 9.17) is 0 Å². The first kappa shape index (κ1) is 11.4. The van der Waals surface area contributed by atoms with E-state index in [2.05, 4.69) is 24.5 Å². The predicted octanol–water partition coefficient (Wildman–Crippen LogP) is 2.01. The molecule has 0 aromatic rings. The minimum atomic E-state index is 0.508. The molecule has 2 heteroatoms. The van der Waals surface area contributed by atoms with Gasteiger partial charge in [-0.15, -0.1) is 0 Å².